The highest BCUT2D eigenvalue weighted by Gasteiger charge is 2.41. The Kier molecular flexibility index (Phi) is 40.2. The maximum atomic E-state index is 14.9. The number of esters is 1. The lowest BCUT2D eigenvalue weighted by Crippen LogP contribution is -2.62. The van der Waals surface area contributed by atoms with Gasteiger partial charge in [-0.25, -0.2) is 4.79 Å². The summed E-state index contributed by atoms with van der Waals surface area (Å²) in [6.07, 6.45) is -4.03. The maximum absolute atomic E-state index is 14.9. The number of carbonyl (C=O) groups is 21. The van der Waals surface area contributed by atoms with Gasteiger partial charge in [0, 0.05) is 47.6 Å². The molecule has 1 saturated heterocycles. The van der Waals surface area contributed by atoms with Gasteiger partial charge in [0.2, 0.25) is 88.6 Å². The van der Waals surface area contributed by atoms with Crippen LogP contribution < -0.4 is 92.1 Å². The molecule has 4 rings (SSSR count). The van der Waals surface area contributed by atoms with Gasteiger partial charge in [0.05, 0.1) is 58.2 Å². The van der Waals surface area contributed by atoms with Crippen molar-refractivity contribution in [2.75, 3.05) is 32.0 Å². The number of aromatic amines is 1. The number of ketones is 1. The summed E-state index contributed by atoms with van der Waals surface area (Å²) in [5.41, 5.74) is 23.4. The molecule has 0 spiro atoms. The molecule has 1 aliphatic rings. The normalized spacial score (nSPS) is 20.9. The summed E-state index contributed by atoms with van der Waals surface area (Å²) < 4.78 is 5.68. The lowest BCUT2D eigenvalue weighted by Gasteiger charge is -2.30. The first-order valence-corrected chi connectivity index (χ1v) is 37.5. The quantitative estimate of drug-likeness (QED) is 0.0110. The minimum atomic E-state index is -2.48. The van der Waals surface area contributed by atoms with E-state index in [1.54, 1.807) is 30.5 Å². The van der Waals surface area contributed by atoms with Crippen LogP contribution in [0.15, 0.2) is 54.7 Å². The number of hydrogen-bond donors (Lipinski definition) is 23. The van der Waals surface area contributed by atoms with E-state index in [0.29, 0.717) is 29.3 Å². The van der Waals surface area contributed by atoms with Gasteiger partial charge in [-0.15, -0.1) is 0 Å². The zero-order valence-corrected chi connectivity index (χ0v) is 64.8. The summed E-state index contributed by atoms with van der Waals surface area (Å²) in [7, 11) is 0. The number of ether oxygens (including phenoxy) is 1. The van der Waals surface area contributed by atoms with Crippen molar-refractivity contribution in [2.24, 2.45) is 23.1 Å². The van der Waals surface area contributed by atoms with E-state index in [4.69, 9.17) is 27.7 Å². The van der Waals surface area contributed by atoms with E-state index in [9.17, 15) is 126 Å². The van der Waals surface area contributed by atoms with E-state index in [1.807, 2.05) is 21.3 Å². The van der Waals surface area contributed by atoms with Crippen LogP contribution in [0.4, 0.5) is 5.69 Å². The number of aliphatic hydroxyl groups excluding tert-OH is 1. The number of unbranched alkanes of at least 4 members (excludes halogenated alkanes) is 6. The first-order valence-electron chi connectivity index (χ1n) is 37.5. The van der Waals surface area contributed by atoms with Crippen LogP contribution in [-0.2, 0) is 107 Å². The lowest BCUT2D eigenvalue weighted by molar-refractivity contribution is -0.156. The summed E-state index contributed by atoms with van der Waals surface area (Å²) >= 11 is 0. The molecule has 45 heteroatoms. The third-order valence-corrected chi connectivity index (χ3v) is 18.1. The molecule has 0 bridgehead atoms. The van der Waals surface area contributed by atoms with Gasteiger partial charge >= 0.3 is 29.8 Å². The van der Waals surface area contributed by atoms with Crippen LogP contribution in [0.2, 0.25) is 0 Å². The van der Waals surface area contributed by atoms with E-state index in [1.165, 1.54) is 24.3 Å². The van der Waals surface area contributed by atoms with Crippen LogP contribution in [0.25, 0.3) is 10.9 Å². The predicted octanol–water partition coefficient (Wildman–Crippen LogP) is -6.77. The van der Waals surface area contributed by atoms with Gasteiger partial charge in [-0.1, -0.05) is 82.7 Å². The number of nitrogens with two attached hydrogens (primary N) is 4. The lowest BCUT2D eigenvalue weighted by atomic mass is 9.96. The van der Waals surface area contributed by atoms with Crippen LogP contribution in [0.1, 0.15) is 146 Å². The number of H-pyrrole nitrogens is 1. The zero-order valence-electron chi connectivity index (χ0n) is 64.8. The minimum absolute atomic E-state index is 0.0283. The number of carboxylic acids is 4. The number of hydrogen-bond acceptors (Lipinski definition) is 25. The van der Waals surface area contributed by atoms with Crippen molar-refractivity contribution in [3.8, 4) is 0 Å². The first kappa shape index (κ1) is 97.1. The average molecular weight is 1660 g/mol. The Bertz CT molecular complexity index is 4170. The fraction of sp³-hybridized carbons (Fsp3) is 0.521. The molecule has 0 radical (unpaired) electrons. The molecule has 118 heavy (non-hydrogen) atoms. The minimum Gasteiger partial charge on any atom is -0.481 e. The van der Waals surface area contributed by atoms with Crippen molar-refractivity contribution in [2.45, 2.75) is 209 Å². The van der Waals surface area contributed by atoms with Crippen molar-refractivity contribution in [1.82, 2.24) is 74.1 Å². The number of carbonyl (C=O) groups excluding carboxylic acids is 17. The number of aliphatic carboxylic acids is 4. The SMILES string of the molecule is CCCCCCCCCC(=O)N[C@@H](Cc1c[nH]c2ccccc12)C(=O)N[C@H](CC(N)=O)C(=O)N[C@@H](CC(=O)O)C(=O)N[C@@H]1C(=O)NCC(=O)N[C@@H](CCCN)C(=O)N[C@@H](CC(=O)O)C(=O)N[C@H](CC(N)=O)C(=O)N[C@@H](CC(=O)O)C(=O)NCC(=O)N[C@H](CO)C(=O)N[C@@H]([C@H](C)CC(=O)O)C(=O)N[C@@H](CC(=O)c2ccccc2N)C(=O)O[C@@H]1C. The number of nitrogen functional groups attached to an aromatic ring is 1. The number of para-hydroxylation sites is 2. The highest BCUT2D eigenvalue weighted by atomic mass is 16.5. The summed E-state index contributed by atoms with van der Waals surface area (Å²) in [6.45, 7) is -0.105. The molecule has 0 aliphatic carbocycles. The molecular weight excluding hydrogens is 1560 g/mol. The summed E-state index contributed by atoms with van der Waals surface area (Å²) in [5, 5.41) is 78.3. The number of rotatable bonds is 37. The predicted molar refractivity (Wildman–Crippen MR) is 408 cm³/mol. The molecule has 27 N–H and O–H groups in total. The van der Waals surface area contributed by atoms with Gasteiger partial charge in [0.25, 0.3) is 0 Å². The van der Waals surface area contributed by atoms with Gasteiger partial charge in [0.15, 0.2) is 5.78 Å². The summed E-state index contributed by atoms with van der Waals surface area (Å²) in [6, 6.07) is -11.6. The Balaban J connectivity index is 1.90. The number of benzene rings is 2. The second-order valence-electron chi connectivity index (χ2n) is 27.8. The van der Waals surface area contributed by atoms with E-state index in [2.05, 4.69) is 59.8 Å². The second kappa shape index (κ2) is 48.9. The molecule has 45 nitrogen and oxygen atoms in total. The summed E-state index contributed by atoms with van der Waals surface area (Å²) in [5.74, 6) is -32.3. The molecule has 2 aromatic carbocycles. The standard InChI is InChI=1S/C73H102N18O27/c1-4-5-6-7-8-9-10-21-54(96)82-43(24-37-31-78-41-19-14-12-16-38(37)41)65(109)84-45(27-53(77)95)67(111)88-48(30-60(105)106)69(113)91-62-36(3)118-73(117)49(25-51(93)39-17-11-13-18-40(39)75)89-72(116)61(35(2)23-57(99)100)90-70(114)50(34-92)83-56(98)32-79-63(107)46(28-58(101)102)86-66(110)44(26-52(76)94)85-68(112)47(29-59(103)104)87-64(108)42(20-15-22-74)81-55(97)33-80-71(62)115/h11-14,16-19,31,35-36,42-50,61-62,78,92H,4-10,15,20-30,32-34,74-75H2,1-3H3,(H2,76,94)(H2,77,95)(H,79,107)(H,80,115)(H,81,97)(H,82,96)(H,83,98)(H,84,109)(H,85,112)(H,86,110)(H,87,108)(H,88,111)(H,89,116)(H,90,114)(H,91,113)(H,99,100)(H,101,102)(H,103,104)(H,105,106)/t35-,36-,42+,43+,44-,45-,46+,47+,48+,49+,50-,61+,62+/m1/s1. The van der Waals surface area contributed by atoms with Gasteiger partial charge in [-0.05, 0) is 62.4 Å². The molecule has 1 fully saturated rings. The Morgan fingerprint density at radius 1 is 0.525 bits per heavy atom. The molecule has 2 heterocycles. The van der Waals surface area contributed by atoms with Crippen molar-refractivity contribution in [1.29, 1.82) is 0 Å². The third kappa shape index (κ3) is 33.3. The number of fused-ring (bicyclic) bond motifs is 1. The Labute approximate surface area is 673 Å². The average Bonchev–Trinajstić information content (AvgIpc) is 1.54. The smallest absolute Gasteiger partial charge is 0.329 e. The topological polar surface area (TPSA) is 745 Å². The monoisotopic (exact) mass is 1660 g/mol. The second-order valence-corrected chi connectivity index (χ2v) is 27.8. The zero-order chi connectivity index (χ0) is 88.0. The summed E-state index contributed by atoms with van der Waals surface area (Å²) in [4.78, 5) is 290. The highest BCUT2D eigenvalue weighted by molar-refractivity contribution is 6.05. The largest absolute Gasteiger partial charge is 0.481 e. The number of nitrogens with one attached hydrogen (secondary N) is 14. The van der Waals surface area contributed by atoms with Gasteiger partial charge in [-0.3, -0.25) is 95.9 Å². The number of aromatic nitrogens is 1. The molecule has 1 aromatic heterocycles. The van der Waals surface area contributed by atoms with Crippen LogP contribution in [0.3, 0.4) is 0 Å². The van der Waals surface area contributed by atoms with Crippen LogP contribution in [0.5, 0.6) is 0 Å². The van der Waals surface area contributed by atoms with Crippen LogP contribution in [-0.4, -0.2) is 254 Å². The Morgan fingerprint density at radius 3 is 1.61 bits per heavy atom. The van der Waals surface area contributed by atoms with Crippen molar-refractivity contribution in [3.05, 3.63) is 65.9 Å². The fourth-order valence-corrected chi connectivity index (χ4v) is 12.0. The molecule has 13 atom stereocenters. The molecule has 3 aromatic rings. The number of Topliss-reactive ketones (excluding diaryl/α,β-unsaturated/α-hetero) is 1. The number of carboxylic acid groups (broad SMARTS) is 4. The number of cyclic esters (lactones) is 1. The van der Waals surface area contributed by atoms with Crippen molar-refractivity contribution < 1.29 is 131 Å². The third-order valence-electron chi connectivity index (χ3n) is 18.1. The number of amides is 15. The molecule has 646 valence electrons. The maximum Gasteiger partial charge on any atom is 0.329 e. The Morgan fingerprint density at radius 2 is 1.04 bits per heavy atom. The molecule has 0 saturated carbocycles. The number of primary amides is 2. The van der Waals surface area contributed by atoms with Gasteiger partial charge < -0.3 is 127 Å². The van der Waals surface area contributed by atoms with Crippen LogP contribution >= 0.6 is 0 Å². The highest BCUT2D eigenvalue weighted by Crippen LogP contribution is 2.22. The van der Waals surface area contributed by atoms with E-state index in [0.717, 1.165) is 46.0 Å². The van der Waals surface area contributed by atoms with Crippen LogP contribution in [0, 0.1) is 5.92 Å². The first-order chi connectivity index (χ1) is 55.7. The molecule has 1 aliphatic heterocycles. The molecular formula is C73H102N18O27. The Hall–Kier alpha value is -13.2. The van der Waals surface area contributed by atoms with E-state index < -0.39 is 274 Å². The van der Waals surface area contributed by atoms with Gasteiger partial charge in [-0.2, -0.15) is 0 Å². The number of aliphatic hydroxyl groups is 1. The molecule has 0 unspecified atom stereocenters. The van der Waals surface area contributed by atoms with Crippen molar-refractivity contribution in [3.63, 3.8) is 0 Å². The van der Waals surface area contributed by atoms with Crippen molar-refractivity contribution >= 4 is 141 Å². The fourth-order valence-electron chi connectivity index (χ4n) is 12.0. The molecule has 15 amide bonds. The number of anilines is 1. The van der Waals surface area contributed by atoms with Gasteiger partial charge in [0.1, 0.15) is 72.6 Å². The van der Waals surface area contributed by atoms with E-state index in [-0.39, 0.29) is 37.1 Å². The van der Waals surface area contributed by atoms with E-state index >= 15 is 0 Å².